The van der Waals surface area contributed by atoms with Crippen molar-refractivity contribution in [1.29, 1.82) is 5.26 Å². The molecule has 0 saturated heterocycles. The van der Waals surface area contributed by atoms with Gasteiger partial charge in [0.1, 0.15) is 12.4 Å². The third-order valence-corrected chi connectivity index (χ3v) is 4.78. The average Bonchev–Trinajstić information content (AvgIpc) is 3.21. The number of amides is 2. The predicted octanol–water partition coefficient (Wildman–Crippen LogP) is 2.87. The molecule has 8 heteroatoms. The molecule has 7 nitrogen and oxygen atoms in total. The lowest BCUT2D eigenvalue weighted by Crippen LogP contribution is -2.47. The zero-order chi connectivity index (χ0) is 19.2. The first kappa shape index (κ1) is 18.5. The van der Waals surface area contributed by atoms with E-state index in [0.717, 1.165) is 4.88 Å². The second-order valence-electron chi connectivity index (χ2n) is 5.58. The van der Waals surface area contributed by atoms with Crippen LogP contribution in [0.15, 0.2) is 53.0 Å². The number of carbonyl (C=O) groups is 2. The molecular weight excluding hydrogens is 366 g/mol. The molecule has 0 saturated carbocycles. The monoisotopic (exact) mass is 383 g/mol. The van der Waals surface area contributed by atoms with Crippen LogP contribution < -0.4 is 15.4 Å². The van der Waals surface area contributed by atoms with Crippen LogP contribution in [0.4, 0.5) is 4.79 Å². The molecule has 1 atom stereocenters. The zero-order valence-corrected chi connectivity index (χ0v) is 15.3. The molecule has 0 bridgehead atoms. The molecule has 1 aromatic carbocycles. The Labute approximate surface area is 160 Å². The Morgan fingerprint density at radius 1 is 1.30 bits per heavy atom. The van der Waals surface area contributed by atoms with Gasteiger partial charge in [0.05, 0.1) is 35.6 Å². The van der Waals surface area contributed by atoms with Gasteiger partial charge in [0.2, 0.25) is 0 Å². The Kier molecular flexibility index (Phi) is 5.74. The number of nitrogens with one attached hydrogen (secondary N) is 2. The van der Waals surface area contributed by atoms with Crippen LogP contribution in [0.25, 0.3) is 0 Å². The summed E-state index contributed by atoms with van der Waals surface area (Å²) in [5.41, 5.74) is 1.18. The fraction of sp³-hybridized carbons (Fsp3) is 0.211. The number of hydrogen-bond donors (Lipinski definition) is 2. The minimum atomic E-state index is -0.600. The first-order valence-corrected chi connectivity index (χ1v) is 9.14. The molecule has 1 aliphatic rings. The smallest absolute Gasteiger partial charge is 0.338 e. The van der Waals surface area contributed by atoms with Crippen molar-refractivity contribution in [3.8, 4) is 11.8 Å². The second kappa shape index (κ2) is 8.38. The molecule has 27 heavy (non-hydrogen) atoms. The van der Waals surface area contributed by atoms with Crippen LogP contribution in [0.3, 0.4) is 0 Å². The van der Waals surface area contributed by atoms with E-state index in [4.69, 9.17) is 14.7 Å². The molecule has 2 heterocycles. The van der Waals surface area contributed by atoms with Gasteiger partial charge in [-0.3, -0.25) is 0 Å². The van der Waals surface area contributed by atoms with Crippen LogP contribution in [0.5, 0.6) is 5.75 Å². The molecule has 2 aromatic rings. The number of carbonyl (C=O) groups excluding carboxylic acids is 2. The van der Waals surface area contributed by atoms with Gasteiger partial charge in [-0.15, -0.1) is 11.3 Å². The molecule has 0 aliphatic carbocycles. The highest BCUT2D eigenvalue weighted by Crippen LogP contribution is 2.30. The Morgan fingerprint density at radius 3 is 2.70 bits per heavy atom. The number of urea groups is 1. The van der Waals surface area contributed by atoms with E-state index in [0.29, 0.717) is 22.6 Å². The number of thiophene rings is 1. The van der Waals surface area contributed by atoms with E-state index >= 15 is 0 Å². The van der Waals surface area contributed by atoms with Crippen LogP contribution >= 0.6 is 11.3 Å². The summed E-state index contributed by atoms with van der Waals surface area (Å²) in [4.78, 5) is 25.5. The van der Waals surface area contributed by atoms with Gasteiger partial charge in [-0.1, -0.05) is 6.07 Å². The summed E-state index contributed by atoms with van der Waals surface area (Å²) in [5, 5.41) is 16.1. The minimum absolute atomic E-state index is 0.0185. The van der Waals surface area contributed by atoms with E-state index in [1.54, 1.807) is 31.2 Å². The van der Waals surface area contributed by atoms with Gasteiger partial charge in [0.25, 0.3) is 0 Å². The van der Waals surface area contributed by atoms with Gasteiger partial charge in [-0.05, 0) is 42.6 Å². The molecule has 138 valence electrons. The highest BCUT2D eigenvalue weighted by molar-refractivity contribution is 7.10. The third kappa shape index (κ3) is 4.27. The standard InChI is InChI=1S/C19H17N3O4S/c1-2-25-18(23)16-14(11-26-13-7-5-12(10-20)6-8-13)21-19(24)22-17(16)15-4-3-9-27-15/h3-9,17H,2,11H2,1H3,(H2,21,22,24)/t17-/m1/s1. The number of hydrogen-bond acceptors (Lipinski definition) is 6. The quantitative estimate of drug-likeness (QED) is 0.747. The number of nitriles is 1. The SMILES string of the molecule is CCOC(=O)C1=C(COc2ccc(C#N)cc2)NC(=O)N[C@@H]1c1cccs1. The molecule has 1 aromatic heterocycles. The summed E-state index contributed by atoms with van der Waals surface area (Å²) >= 11 is 1.44. The number of benzene rings is 1. The molecule has 2 N–H and O–H groups in total. The predicted molar refractivity (Wildman–Crippen MR) is 99.0 cm³/mol. The molecule has 3 rings (SSSR count). The highest BCUT2D eigenvalue weighted by atomic mass is 32.1. The molecular formula is C19H17N3O4S. The van der Waals surface area contributed by atoms with Gasteiger partial charge in [-0.25, -0.2) is 9.59 Å². The number of esters is 1. The van der Waals surface area contributed by atoms with Crippen molar-refractivity contribution in [3.63, 3.8) is 0 Å². The van der Waals surface area contributed by atoms with Crippen LogP contribution in [0.2, 0.25) is 0 Å². The van der Waals surface area contributed by atoms with Crippen molar-refractivity contribution in [2.75, 3.05) is 13.2 Å². The fourth-order valence-electron chi connectivity index (χ4n) is 2.63. The van der Waals surface area contributed by atoms with Crippen LogP contribution in [0, 0.1) is 11.3 Å². The van der Waals surface area contributed by atoms with Crippen molar-refractivity contribution < 1.29 is 19.1 Å². The summed E-state index contributed by atoms with van der Waals surface area (Å²) < 4.78 is 10.9. The van der Waals surface area contributed by atoms with Gasteiger partial charge in [0, 0.05) is 4.88 Å². The lowest BCUT2D eigenvalue weighted by Gasteiger charge is -2.28. The summed E-state index contributed by atoms with van der Waals surface area (Å²) in [6, 6.07) is 11.3. The second-order valence-corrected chi connectivity index (χ2v) is 6.56. The van der Waals surface area contributed by atoms with E-state index in [1.807, 2.05) is 23.6 Å². The van der Waals surface area contributed by atoms with Crippen LogP contribution in [-0.2, 0) is 9.53 Å². The summed E-state index contributed by atoms with van der Waals surface area (Å²) in [7, 11) is 0. The van der Waals surface area contributed by atoms with Gasteiger partial charge in [-0.2, -0.15) is 5.26 Å². The van der Waals surface area contributed by atoms with Crippen molar-refractivity contribution in [2.24, 2.45) is 0 Å². The van der Waals surface area contributed by atoms with Gasteiger partial charge in [0.15, 0.2) is 0 Å². The molecule has 0 fully saturated rings. The Hall–Kier alpha value is -3.31. The number of nitrogens with zero attached hydrogens (tertiary/aromatic N) is 1. The molecule has 0 spiro atoms. The Balaban J connectivity index is 1.90. The lowest BCUT2D eigenvalue weighted by atomic mass is 10.0. The fourth-order valence-corrected chi connectivity index (χ4v) is 3.42. The Bertz CT molecular complexity index is 898. The molecule has 0 radical (unpaired) electrons. The molecule has 0 unspecified atom stereocenters. The maximum absolute atomic E-state index is 12.6. The summed E-state index contributed by atoms with van der Waals surface area (Å²) in [6.07, 6.45) is 0. The third-order valence-electron chi connectivity index (χ3n) is 3.84. The van der Waals surface area contributed by atoms with Crippen molar-refractivity contribution in [3.05, 3.63) is 63.5 Å². The average molecular weight is 383 g/mol. The maximum Gasteiger partial charge on any atom is 0.338 e. The van der Waals surface area contributed by atoms with Crippen LogP contribution in [-0.4, -0.2) is 25.2 Å². The van der Waals surface area contributed by atoms with Crippen molar-refractivity contribution >= 4 is 23.3 Å². The van der Waals surface area contributed by atoms with E-state index < -0.39 is 18.0 Å². The van der Waals surface area contributed by atoms with E-state index in [1.165, 1.54) is 11.3 Å². The van der Waals surface area contributed by atoms with Gasteiger partial charge >= 0.3 is 12.0 Å². The minimum Gasteiger partial charge on any atom is -0.487 e. The van der Waals surface area contributed by atoms with E-state index in [-0.39, 0.29) is 13.2 Å². The summed E-state index contributed by atoms with van der Waals surface area (Å²) in [6.45, 7) is 1.92. The molecule has 2 amide bonds. The van der Waals surface area contributed by atoms with Crippen LogP contribution in [0.1, 0.15) is 23.4 Å². The first-order valence-electron chi connectivity index (χ1n) is 8.26. The van der Waals surface area contributed by atoms with Gasteiger partial charge < -0.3 is 20.1 Å². The number of rotatable bonds is 6. The Morgan fingerprint density at radius 2 is 2.07 bits per heavy atom. The van der Waals surface area contributed by atoms with E-state index in [9.17, 15) is 9.59 Å². The van der Waals surface area contributed by atoms with E-state index in [2.05, 4.69) is 10.6 Å². The first-order chi connectivity index (χ1) is 13.1. The lowest BCUT2D eigenvalue weighted by molar-refractivity contribution is -0.139. The zero-order valence-electron chi connectivity index (χ0n) is 14.5. The summed E-state index contributed by atoms with van der Waals surface area (Å²) in [5.74, 6) is 0.00647. The number of ether oxygens (including phenoxy) is 2. The topological polar surface area (TPSA) is 100 Å². The molecule has 1 aliphatic heterocycles. The van der Waals surface area contributed by atoms with Crippen molar-refractivity contribution in [1.82, 2.24) is 10.6 Å². The highest BCUT2D eigenvalue weighted by Gasteiger charge is 2.34. The largest absolute Gasteiger partial charge is 0.487 e. The normalized spacial score (nSPS) is 16.1. The maximum atomic E-state index is 12.6. The van der Waals surface area contributed by atoms with Crippen molar-refractivity contribution in [2.45, 2.75) is 13.0 Å².